The van der Waals surface area contributed by atoms with Gasteiger partial charge in [-0.2, -0.15) is 0 Å². The van der Waals surface area contributed by atoms with Crippen LogP contribution in [0.5, 0.6) is 5.75 Å². The standard InChI is InChI=1S/C11H11OP/c1-7-5-6-8-9(11(7)12)3-2-4-10(8)13/h2-6,12H,13H2,1H3. The maximum Gasteiger partial charge on any atom is 0.126 e. The third-order valence-corrected chi connectivity index (χ3v) is 2.77. The van der Waals surface area contributed by atoms with Crippen LogP contribution in [-0.2, 0) is 0 Å². The molecular formula is C11H11OP. The maximum absolute atomic E-state index is 9.77. The molecule has 0 aliphatic carbocycles. The topological polar surface area (TPSA) is 20.2 Å². The lowest BCUT2D eigenvalue weighted by Crippen LogP contribution is -1.92. The van der Waals surface area contributed by atoms with Gasteiger partial charge in [0.25, 0.3) is 0 Å². The van der Waals surface area contributed by atoms with Crippen LogP contribution in [0.2, 0.25) is 0 Å². The van der Waals surface area contributed by atoms with Gasteiger partial charge in [0.05, 0.1) is 0 Å². The van der Waals surface area contributed by atoms with E-state index >= 15 is 0 Å². The molecule has 1 unspecified atom stereocenters. The van der Waals surface area contributed by atoms with E-state index in [0.29, 0.717) is 5.75 Å². The van der Waals surface area contributed by atoms with Crippen molar-refractivity contribution in [2.45, 2.75) is 6.92 Å². The van der Waals surface area contributed by atoms with Gasteiger partial charge in [0.1, 0.15) is 5.75 Å². The highest BCUT2D eigenvalue weighted by Gasteiger charge is 2.03. The van der Waals surface area contributed by atoms with Gasteiger partial charge < -0.3 is 5.11 Å². The lowest BCUT2D eigenvalue weighted by Gasteiger charge is -2.05. The Morgan fingerprint density at radius 1 is 1.08 bits per heavy atom. The number of aryl methyl sites for hydroxylation is 1. The lowest BCUT2D eigenvalue weighted by atomic mass is 10.1. The predicted molar refractivity (Wildman–Crippen MR) is 59.7 cm³/mol. The summed E-state index contributed by atoms with van der Waals surface area (Å²) < 4.78 is 0. The van der Waals surface area contributed by atoms with Crippen molar-refractivity contribution in [2.24, 2.45) is 0 Å². The largest absolute Gasteiger partial charge is 0.507 e. The summed E-state index contributed by atoms with van der Waals surface area (Å²) in [5, 5.41) is 12.9. The smallest absolute Gasteiger partial charge is 0.126 e. The van der Waals surface area contributed by atoms with E-state index in [4.69, 9.17) is 0 Å². The summed E-state index contributed by atoms with van der Waals surface area (Å²) in [5.74, 6) is 0.391. The van der Waals surface area contributed by atoms with E-state index in [-0.39, 0.29) is 0 Å². The van der Waals surface area contributed by atoms with E-state index in [9.17, 15) is 5.11 Å². The van der Waals surface area contributed by atoms with Crippen molar-refractivity contribution in [1.29, 1.82) is 0 Å². The van der Waals surface area contributed by atoms with Crippen molar-refractivity contribution < 1.29 is 5.11 Å². The van der Waals surface area contributed by atoms with Crippen molar-refractivity contribution in [2.75, 3.05) is 0 Å². The number of benzene rings is 2. The molecule has 2 aromatic carbocycles. The minimum Gasteiger partial charge on any atom is -0.507 e. The zero-order valence-corrected chi connectivity index (χ0v) is 8.57. The summed E-state index contributed by atoms with van der Waals surface area (Å²) in [7, 11) is 2.67. The molecule has 0 spiro atoms. The zero-order valence-electron chi connectivity index (χ0n) is 7.41. The molecule has 0 aromatic heterocycles. The van der Waals surface area contributed by atoms with Crippen molar-refractivity contribution >= 4 is 25.3 Å². The molecule has 2 heteroatoms. The molecule has 0 saturated heterocycles. The number of fused-ring (bicyclic) bond motifs is 1. The van der Waals surface area contributed by atoms with Crippen LogP contribution in [0.4, 0.5) is 0 Å². The summed E-state index contributed by atoms with van der Waals surface area (Å²) in [4.78, 5) is 0. The maximum atomic E-state index is 9.77. The van der Waals surface area contributed by atoms with Crippen LogP contribution >= 0.6 is 9.24 Å². The summed E-state index contributed by atoms with van der Waals surface area (Å²) >= 11 is 0. The Kier molecular flexibility index (Phi) is 1.97. The molecule has 0 radical (unpaired) electrons. The number of phenolic OH excluding ortho intramolecular Hbond substituents is 1. The molecule has 1 nitrogen and oxygen atoms in total. The van der Waals surface area contributed by atoms with E-state index in [1.54, 1.807) is 0 Å². The number of aromatic hydroxyl groups is 1. The minimum absolute atomic E-state index is 0.391. The monoisotopic (exact) mass is 190 g/mol. The Labute approximate surface area is 79.6 Å². The van der Waals surface area contributed by atoms with E-state index in [0.717, 1.165) is 21.6 Å². The normalized spacial score (nSPS) is 10.6. The first-order valence-corrected chi connectivity index (χ1v) is 4.74. The van der Waals surface area contributed by atoms with Crippen LogP contribution in [0.15, 0.2) is 30.3 Å². The number of phenols is 1. The summed E-state index contributed by atoms with van der Waals surface area (Å²) in [6.45, 7) is 1.91. The van der Waals surface area contributed by atoms with Crippen LogP contribution in [0, 0.1) is 6.92 Å². The van der Waals surface area contributed by atoms with E-state index in [1.807, 2.05) is 37.3 Å². The quantitative estimate of drug-likeness (QED) is 0.632. The fourth-order valence-corrected chi connectivity index (χ4v) is 1.84. The van der Waals surface area contributed by atoms with Gasteiger partial charge in [-0.3, -0.25) is 0 Å². The van der Waals surface area contributed by atoms with Gasteiger partial charge in [0.15, 0.2) is 0 Å². The van der Waals surface area contributed by atoms with Gasteiger partial charge in [-0.25, -0.2) is 0 Å². The molecule has 0 heterocycles. The molecule has 2 rings (SSSR count). The molecular weight excluding hydrogens is 179 g/mol. The van der Waals surface area contributed by atoms with Gasteiger partial charge >= 0.3 is 0 Å². The van der Waals surface area contributed by atoms with Crippen molar-refractivity contribution in [1.82, 2.24) is 0 Å². The Morgan fingerprint density at radius 2 is 1.85 bits per heavy atom. The van der Waals surface area contributed by atoms with Crippen molar-refractivity contribution in [3.63, 3.8) is 0 Å². The molecule has 2 aromatic rings. The second kappa shape index (κ2) is 3.01. The molecule has 0 aliphatic rings. The molecule has 0 aliphatic heterocycles. The molecule has 1 N–H and O–H groups in total. The van der Waals surface area contributed by atoms with Crippen molar-refractivity contribution in [3.05, 3.63) is 35.9 Å². The number of hydrogen-bond donors (Lipinski definition) is 1. The van der Waals surface area contributed by atoms with E-state index in [2.05, 4.69) is 9.24 Å². The fourth-order valence-electron chi connectivity index (χ4n) is 1.48. The second-order valence-electron chi connectivity index (χ2n) is 3.17. The van der Waals surface area contributed by atoms with Gasteiger partial charge in [-0.1, -0.05) is 30.3 Å². The Balaban J connectivity index is 2.94. The highest BCUT2D eigenvalue weighted by Crippen LogP contribution is 2.27. The Hall–Kier alpha value is -1.07. The fraction of sp³-hybridized carbons (Fsp3) is 0.0909. The zero-order chi connectivity index (χ0) is 9.42. The van der Waals surface area contributed by atoms with Gasteiger partial charge in [0.2, 0.25) is 0 Å². The van der Waals surface area contributed by atoms with Gasteiger partial charge in [-0.05, 0) is 23.2 Å². The van der Waals surface area contributed by atoms with E-state index < -0.39 is 0 Å². The molecule has 13 heavy (non-hydrogen) atoms. The average Bonchev–Trinajstić information content (AvgIpc) is 2.12. The highest BCUT2D eigenvalue weighted by atomic mass is 31.0. The van der Waals surface area contributed by atoms with Crippen LogP contribution in [0.3, 0.4) is 0 Å². The van der Waals surface area contributed by atoms with Crippen LogP contribution in [0.1, 0.15) is 5.56 Å². The average molecular weight is 190 g/mol. The van der Waals surface area contributed by atoms with Crippen molar-refractivity contribution in [3.8, 4) is 5.75 Å². The summed E-state index contributed by atoms with van der Waals surface area (Å²) in [6, 6.07) is 9.87. The Morgan fingerprint density at radius 3 is 2.62 bits per heavy atom. The number of rotatable bonds is 0. The minimum atomic E-state index is 0.391. The van der Waals surface area contributed by atoms with Crippen LogP contribution < -0.4 is 5.30 Å². The number of hydrogen-bond acceptors (Lipinski definition) is 1. The molecule has 0 amide bonds. The van der Waals surface area contributed by atoms with Crippen LogP contribution in [0.25, 0.3) is 10.8 Å². The summed E-state index contributed by atoms with van der Waals surface area (Å²) in [6.07, 6.45) is 0. The van der Waals surface area contributed by atoms with Gasteiger partial charge in [-0.15, -0.1) is 9.24 Å². The predicted octanol–water partition coefficient (Wildman–Crippen LogP) is 2.35. The van der Waals surface area contributed by atoms with Gasteiger partial charge in [0, 0.05) is 5.39 Å². The molecule has 1 atom stereocenters. The van der Waals surface area contributed by atoms with E-state index in [1.165, 1.54) is 0 Å². The first-order valence-electron chi connectivity index (χ1n) is 4.17. The molecule has 0 fully saturated rings. The molecule has 0 saturated carbocycles. The molecule has 66 valence electrons. The summed E-state index contributed by atoms with van der Waals surface area (Å²) in [5.41, 5.74) is 0.920. The second-order valence-corrected chi connectivity index (χ2v) is 3.80. The first-order chi connectivity index (χ1) is 6.20. The van der Waals surface area contributed by atoms with Crippen LogP contribution in [-0.4, -0.2) is 5.11 Å². The SMILES string of the molecule is Cc1ccc2c(P)cccc2c1O. The third kappa shape index (κ3) is 1.30. The molecule has 0 bridgehead atoms. The first kappa shape index (κ1) is 8.52. The Bertz CT molecular complexity index is 463. The third-order valence-electron chi connectivity index (χ3n) is 2.27. The highest BCUT2D eigenvalue weighted by molar-refractivity contribution is 7.28. The lowest BCUT2D eigenvalue weighted by molar-refractivity contribution is 0.477.